The highest BCUT2D eigenvalue weighted by Crippen LogP contribution is 2.27. The molecule has 1 N–H and O–H groups in total. The van der Waals surface area contributed by atoms with Gasteiger partial charge in [-0.15, -0.1) is 0 Å². The molecule has 27 heavy (non-hydrogen) atoms. The molecule has 0 bridgehead atoms. The maximum Gasteiger partial charge on any atom is 0.311 e. The Bertz CT molecular complexity index is 890. The van der Waals surface area contributed by atoms with Gasteiger partial charge >= 0.3 is 5.97 Å². The zero-order chi connectivity index (χ0) is 19.4. The van der Waals surface area contributed by atoms with Crippen molar-refractivity contribution < 1.29 is 23.5 Å². The lowest BCUT2D eigenvalue weighted by Gasteiger charge is -2.16. The number of hydrogen-bond acceptors (Lipinski definition) is 4. The molecule has 140 valence electrons. The SMILES string of the molecule is O=C(COC(=O)[C@@H]1CC(=O)N(c2cccc(Cl)c2)C1)Nc1ccccc1F. The zero-order valence-corrected chi connectivity index (χ0v) is 14.9. The van der Waals surface area contributed by atoms with Crippen molar-refractivity contribution in [2.75, 3.05) is 23.4 Å². The standard InChI is InChI=1S/C19H16ClFN2O4/c20-13-4-3-5-14(9-13)23-10-12(8-18(23)25)19(26)27-11-17(24)22-16-7-2-1-6-15(16)21/h1-7,9,12H,8,10-11H2,(H,22,24)/t12-/m1/s1. The van der Waals surface area contributed by atoms with Crippen molar-refractivity contribution in [2.24, 2.45) is 5.92 Å². The molecule has 1 heterocycles. The van der Waals surface area contributed by atoms with Gasteiger partial charge in [0.15, 0.2) is 6.61 Å². The lowest BCUT2D eigenvalue weighted by Crippen LogP contribution is -2.28. The third kappa shape index (κ3) is 4.62. The molecule has 2 aromatic carbocycles. The van der Waals surface area contributed by atoms with E-state index in [1.54, 1.807) is 30.3 Å². The first kappa shape index (κ1) is 18.8. The average Bonchev–Trinajstić information content (AvgIpc) is 3.03. The molecule has 0 spiro atoms. The van der Waals surface area contributed by atoms with Crippen molar-refractivity contribution in [3.8, 4) is 0 Å². The molecular weight excluding hydrogens is 375 g/mol. The number of nitrogens with zero attached hydrogens (tertiary/aromatic N) is 1. The Morgan fingerprint density at radius 2 is 2.00 bits per heavy atom. The molecule has 0 saturated carbocycles. The second-order valence-corrected chi connectivity index (χ2v) is 6.46. The lowest BCUT2D eigenvalue weighted by atomic mass is 10.1. The Balaban J connectivity index is 1.53. The molecule has 1 aliphatic heterocycles. The molecule has 2 aromatic rings. The maximum atomic E-state index is 13.5. The average molecular weight is 391 g/mol. The molecule has 1 saturated heterocycles. The van der Waals surface area contributed by atoms with E-state index in [1.165, 1.54) is 23.1 Å². The predicted octanol–water partition coefficient (Wildman–Crippen LogP) is 3.01. The van der Waals surface area contributed by atoms with Gasteiger partial charge in [-0.1, -0.05) is 29.8 Å². The summed E-state index contributed by atoms with van der Waals surface area (Å²) in [4.78, 5) is 37.6. The number of hydrogen-bond donors (Lipinski definition) is 1. The zero-order valence-electron chi connectivity index (χ0n) is 14.2. The van der Waals surface area contributed by atoms with Gasteiger partial charge in [-0.2, -0.15) is 0 Å². The topological polar surface area (TPSA) is 75.7 Å². The van der Waals surface area contributed by atoms with Gasteiger partial charge < -0.3 is 15.0 Å². The van der Waals surface area contributed by atoms with Gasteiger partial charge in [0, 0.05) is 23.7 Å². The van der Waals surface area contributed by atoms with E-state index >= 15 is 0 Å². The van der Waals surface area contributed by atoms with Crippen LogP contribution in [0.3, 0.4) is 0 Å². The van der Waals surface area contributed by atoms with Crippen LogP contribution in [0.1, 0.15) is 6.42 Å². The van der Waals surface area contributed by atoms with Crippen LogP contribution in [0.25, 0.3) is 0 Å². The number of rotatable bonds is 5. The smallest absolute Gasteiger partial charge is 0.311 e. The summed E-state index contributed by atoms with van der Waals surface area (Å²) in [7, 11) is 0. The molecule has 1 aliphatic rings. The Kier molecular flexibility index (Phi) is 5.71. The molecule has 1 fully saturated rings. The van der Waals surface area contributed by atoms with Crippen LogP contribution in [0.2, 0.25) is 5.02 Å². The van der Waals surface area contributed by atoms with E-state index in [0.717, 1.165) is 0 Å². The number of anilines is 2. The highest BCUT2D eigenvalue weighted by atomic mass is 35.5. The second-order valence-electron chi connectivity index (χ2n) is 6.02. The molecule has 8 heteroatoms. The molecule has 0 radical (unpaired) electrons. The minimum atomic E-state index is -0.683. The first-order valence-electron chi connectivity index (χ1n) is 8.21. The Morgan fingerprint density at radius 3 is 2.74 bits per heavy atom. The van der Waals surface area contributed by atoms with Crippen LogP contribution in [0.4, 0.5) is 15.8 Å². The molecular formula is C19H16ClFN2O4. The first-order valence-corrected chi connectivity index (χ1v) is 8.59. The summed E-state index contributed by atoms with van der Waals surface area (Å²) in [5, 5.41) is 2.81. The first-order chi connectivity index (χ1) is 12.9. The van der Waals surface area contributed by atoms with Crippen molar-refractivity contribution in [1.29, 1.82) is 0 Å². The number of carbonyl (C=O) groups excluding carboxylic acids is 3. The van der Waals surface area contributed by atoms with Crippen molar-refractivity contribution in [2.45, 2.75) is 6.42 Å². The summed E-state index contributed by atoms with van der Waals surface area (Å²) >= 11 is 5.93. The lowest BCUT2D eigenvalue weighted by molar-refractivity contribution is -0.151. The van der Waals surface area contributed by atoms with Crippen LogP contribution in [-0.4, -0.2) is 30.9 Å². The van der Waals surface area contributed by atoms with Crippen molar-refractivity contribution >= 4 is 40.8 Å². The van der Waals surface area contributed by atoms with E-state index in [4.69, 9.17) is 16.3 Å². The predicted molar refractivity (Wildman–Crippen MR) is 97.9 cm³/mol. The van der Waals surface area contributed by atoms with Crippen LogP contribution in [0.15, 0.2) is 48.5 Å². The number of esters is 1. The molecule has 0 aliphatic carbocycles. The van der Waals surface area contributed by atoms with E-state index in [0.29, 0.717) is 10.7 Å². The molecule has 0 aromatic heterocycles. The van der Waals surface area contributed by atoms with E-state index in [-0.39, 0.29) is 24.6 Å². The van der Waals surface area contributed by atoms with Crippen LogP contribution < -0.4 is 10.2 Å². The minimum Gasteiger partial charge on any atom is -0.455 e. The molecule has 0 unspecified atom stereocenters. The fourth-order valence-electron chi connectivity index (χ4n) is 2.76. The van der Waals surface area contributed by atoms with Gasteiger partial charge in [-0.05, 0) is 30.3 Å². The summed E-state index contributed by atoms with van der Waals surface area (Å²) in [6, 6.07) is 12.4. The molecule has 1 atom stereocenters. The number of amides is 2. The number of nitrogens with one attached hydrogen (secondary N) is 1. The highest BCUT2D eigenvalue weighted by molar-refractivity contribution is 6.31. The van der Waals surface area contributed by atoms with Crippen molar-refractivity contribution in [3.63, 3.8) is 0 Å². The van der Waals surface area contributed by atoms with Gasteiger partial charge in [0.1, 0.15) is 5.82 Å². The van der Waals surface area contributed by atoms with Crippen LogP contribution in [-0.2, 0) is 19.1 Å². The fraction of sp³-hybridized carbons (Fsp3) is 0.211. The number of halogens is 2. The largest absolute Gasteiger partial charge is 0.455 e. The van der Waals surface area contributed by atoms with Crippen molar-refractivity contribution in [3.05, 3.63) is 59.4 Å². The van der Waals surface area contributed by atoms with Gasteiger partial charge in [0.25, 0.3) is 5.91 Å². The summed E-state index contributed by atoms with van der Waals surface area (Å²) in [5.41, 5.74) is 0.599. The molecule has 2 amide bonds. The van der Waals surface area contributed by atoms with Gasteiger partial charge in [-0.3, -0.25) is 14.4 Å². The monoisotopic (exact) mass is 390 g/mol. The Labute approximate surface area is 159 Å². The second kappa shape index (κ2) is 8.18. The Hall–Kier alpha value is -2.93. The summed E-state index contributed by atoms with van der Waals surface area (Å²) in [6.45, 7) is -0.415. The van der Waals surface area contributed by atoms with E-state index < -0.39 is 30.2 Å². The van der Waals surface area contributed by atoms with E-state index in [2.05, 4.69) is 5.32 Å². The number of ether oxygens (including phenoxy) is 1. The quantitative estimate of drug-likeness (QED) is 0.796. The van der Waals surface area contributed by atoms with Gasteiger partial charge in [-0.25, -0.2) is 4.39 Å². The maximum absolute atomic E-state index is 13.5. The normalized spacial score (nSPS) is 16.3. The fourth-order valence-corrected chi connectivity index (χ4v) is 2.95. The number of benzene rings is 2. The summed E-state index contributed by atoms with van der Waals surface area (Å²) in [6.07, 6.45) is -0.0136. The van der Waals surface area contributed by atoms with Crippen LogP contribution >= 0.6 is 11.6 Å². The van der Waals surface area contributed by atoms with Crippen LogP contribution in [0.5, 0.6) is 0 Å². The minimum absolute atomic E-state index is 0.00160. The third-order valence-corrected chi connectivity index (χ3v) is 4.31. The Morgan fingerprint density at radius 1 is 1.22 bits per heavy atom. The summed E-state index contributed by atoms with van der Waals surface area (Å²) < 4.78 is 18.5. The number of carbonyl (C=O) groups is 3. The molecule has 6 nitrogen and oxygen atoms in total. The number of para-hydroxylation sites is 1. The molecule has 3 rings (SSSR count). The highest BCUT2D eigenvalue weighted by Gasteiger charge is 2.36. The summed E-state index contributed by atoms with van der Waals surface area (Å²) in [5.74, 6) is -2.82. The van der Waals surface area contributed by atoms with E-state index in [1.807, 2.05) is 0 Å². The van der Waals surface area contributed by atoms with Crippen LogP contribution in [0, 0.1) is 11.7 Å². The van der Waals surface area contributed by atoms with Gasteiger partial charge in [0.05, 0.1) is 11.6 Å². The third-order valence-electron chi connectivity index (χ3n) is 4.07. The van der Waals surface area contributed by atoms with E-state index in [9.17, 15) is 18.8 Å². The van der Waals surface area contributed by atoms with Crippen molar-refractivity contribution in [1.82, 2.24) is 0 Å². The van der Waals surface area contributed by atoms with Gasteiger partial charge in [0.2, 0.25) is 5.91 Å².